The molecule has 0 radical (unpaired) electrons. The number of benzene rings is 1. The van der Waals surface area contributed by atoms with Gasteiger partial charge >= 0.3 is 0 Å². The zero-order valence-electron chi connectivity index (χ0n) is 14.0. The van der Waals surface area contributed by atoms with E-state index in [0.717, 1.165) is 30.8 Å². The van der Waals surface area contributed by atoms with Crippen LogP contribution in [0.15, 0.2) is 36.5 Å². The van der Waals surface area contributed by atoms with E-state index in [-0.39, 0.29) is 30.3 Å². The molecule has 2 heterocycles. The average Bonchev–Trinajstić information content (AvgIpc) is 3.06. The van der Waals surface area contributed by atoms with Gasteiger partial charge in [0.15, 0.2) is 0 Å². The highest BCUT2D eigenvalue weighted by Crippen LogP contribution is 2.18. The molecule has 0 spiro atoms. The SMILES string of the molecule is CC(NC(=O)[C@H]1CCN[C@@H](C)C1)c1cn(-c2ccccc2)nn1.Cl. The van der Waals surface area contributed by atoms with Gasteiger partial charge in [-0.05, 0) is 45.4 Å². The Morgan fingerprint density at radius 2 is 2.12 bits per heavy atom. The van der Waals surface area contributed by atoms with Crippen LogP contribution in [0.5, 0.6) is 0 Å². The van der Waals surface area contributed by atoms with Crippen molar-refractivity contribution in [2.24, 2.45) is 5.92 Å². The lowest BCUT2D eigenvalue weighted by Gasteiger charge is -2.27. The molecular weight excluding hydrogens is 326 g/mol. The van der Waals surface area contributed by atoms with Crippen molar-refractivity contribution in [1.29, 1.82) is 0 Å². The number of nitrogens with one attached hydrogen (secondary N) is 2. The maximum absolute atomic E-state index is 12.4. The predicted octanol–water partition coefficient (Wildman–Crippen LogP) is 2.25. The Kier molecular flexibility index (Phi) is 6.34. The number of halogens is 1. The van der Waals surface area contributed by atoms with Crippen LogP contribution in [0.3, 0.4) is 0 Å². The standard InChI is InChI=1S/C17H23N5O.ClH/c1-12-10-14(8-9-18-12)17(23)19-13(2)16-11-22(21-20-16)15-6-4-3-5-7-15;/h3-7,11-14,18H,8-10H2,1-2H3,(H,19,23);1H/t12-,13?,14-;/m0./s1. The summed E-state index contributed by atoms with van der Waals surface area (Å²) >= 11 is 0. The van der Waals surface area contributed by atoms with E-state index in [1.165, 1.54) is 0 Å². The highest BCUT2D eigenvalue weighted by molar-refractivity contribution is 5.85. The Hall–Kier alpha value is -1.92. The number of rotatable bonds is 4. The molecular formula is C17H24ClN5O. The molecule has 1 aliphatic heterocycles. The van der Waals surface area contributed by atoms with Gasteiger partial charge in [0.2, 0.25) is 5.91 Å². The van der Waals surface area contributed by atoms with E-state index in [1.54, 1.807) is 4.68 Å². The van der Waals surface area contributed by atoms with Crippen molar-refractivity contribution in [2.45, 2.75) is 38.8 Å². The Morgan fingerprint density at radius 3 is 2.83 bits per heavy atom. The summed E-state index contributed by atoms with van der Waals surface area (Å²) in [4.78, 5) is 12.4. The number of carbonyl (C=O) groups excluding carboxylic acids is 1. The van der Waals surface area contributed by atoms with Gasteiger partial charge in [-0.3, -0.25) is 4.79 Å². The first-order valence-electron chi connectivity index (χ1n) is 8.15. The number of hydrogen-bond donors (Lipinski definition) is 2. The van der Waals surface area contributed by atoms with Crippen molar-refractivity contribution < 1.29 is 4.79 Å². The number of carbonyl (C=O) groups is 1. The van der Waals surface area contributed by atoms with Crippen molar-refractivity contribution in [1.82, 2.24) is 25.6 Å². The van der Waals surface area contributed by atoms with Crippen LogP contribution in [-0.4, -0.2) is 33.5 Å². The van der Waals surface area contributed by atoms with Crippen LogP contribution < -0.4 is 10.6 Å². The lowest BCUT2D eigenvalue weighted by molar-refractivity contribution is -0.126. The summed E-state index contributed by atoms with van der Waals surface area (Å²) in [7, 11) is 0. The summed E-state index contributed by atoms with van der Waals surface area (Å²) in [5.74, 6) is 0.193. The van der Waals surface area contributed by atoms with Gasteiger partial charge in [0.1, 0.15) is 5.69 Å². The summed E-state index contributed by atoms with van der Waals surface area (Å²) in [5, 5.41) is 14.8. The highest BCUT2D eigenvalue weighted by Gasteiger charge is 2.26. The third-order valence-corrected chi connectivity index (χ3v) is 4.33. The number of para-hydroxylation sites is 1. The monoisotopic (exact) mass is 349 g/mol. The second-order valence-electron chi connectivity index (χ2n) is 6.23. The zero-order chi connectivity index (χ0) is 16.2. The van der Waals surface area contributed by atoms with Gasteiger partial charge in [-0.25, -0.2) is 4.68 Å². The smallest absolute Gasteiger partial charge is 0.223 e. The molecule has 1 aromatic carbocycles. The lowest BCUT2D eigenvalue weighted by atomic mass is 9.92. The van der Waals surface area contributed by atoms with Gasteiger partial charge < -0.3 is 10.6 Å². The van der Waals surface area contributed by atoms with E-state index in [0.29, 0.717) is 6.04 Å². The fourth-order valence-corrected chi connectivity index (χ4v) is 2.96. The van der Waals surface area contributed by atoms with Crippen LogP contribution in [0.4, 0.5) is 0 Å². The zero-order valence-corrected chi connectivity index (χ0v) is 14.8. The average molecular weight is 350 g/mol. The van der Waals surface area contributed by atoms with Crippen LogP contribution in [0.2, 0.25) is 0 Å². The second-order valence-corrected chi connectivity index (χ2v) is 6.23. The van der Waals surface area contributed by atoms with E-state index in [1.807, 2.05) is 43.5 Å². The molecule has 1 unspecified atom stereocenters. The first-order chi connectivity index (χ1) is 11.1. The molecule has 6 nitrogen and oxygen atoms in total. The molecule has 2 aromatic rings. The molecule has 0 aliphatic carbocycles. The molecule has 1 aromatic heterocycles. The molecule has 2 N–H and O–H groups in total. The number of aromatic nitrogens is 3. The van der Waals surface area contributed by atoms with Crippen molar-refractivity contribution >= 4 is 18.3 Å². The fourth-order valence-electron chi connectivity index (χ4n) is 2.96. The van der Waals surface area contributed by atoms with Crippen molar-refractivity contribution in [3.63, 3.8) is 0 Å². The predicted molar refractivity (Wildman–Crippen MR) is 95.4 cm³/mol. The molecule has 24 heavy (non-hydrogen) atoms. The summed E-state index contributed by atoms with van der Waals surface area (Å²) < 4.78 is 1.73. The third-order valence-electron chi connectivity index (χ3n) is 4.33. The lowest BCUT2D eigenvalue weighted by Crippen LogP contribution is -2.43. The molecule has 130 valence electrons. The normalized spacial score (nSPS) is 21.6. The summed E-state index contributed by atoms with van der Waals surface area (Å²) in [6.45, 7) is 4.97. The first-order valence-corrected chi connectivity index (χ1v) is 8.15. The molecule has 1 amide bonds. The topological polar surface area (TPSA) is 71.8 Å². The van der Waals surface area contributed by atoms with Crippen LogP contribution in [0.25, 0.3) is 5.69 Å². The quantitative estimate of drug-likeness (QED) is 0.888. The number of hydrogen-bond acceptors (Lipinski definition) is 4. The van der Waals surface area contributed by atoms with Gasteiger partial charge in [-0.1, -0.05) is 23.4 Å². The van der Waals surface area contributed by atoms with Crippen molar-refractivity contribution in [2.75, 3.05) is 6.54 Å². The van der Waals surface area contributed by atoms with Gasteiger partial charge in [-0.15, -0.1) is 17.5 Å². The molecule has 1 fully saturated rings. The third kappa shape index (κ3) is 4.33. The van der Waals surface area contributed by atoms with Gasteiger partial charge in [-0.2, -0.15) is 0 Å². The molecule has 3 rings (SSSR count). The van der Waals surface area contributed by atoms with E-state index in [4.69, 9.17) is 0 Å². The van der Waals surface area contributed by atoms with Gasteiger partial charge in [0.05, 0.1) is 17.9 Å². The molecule has 0 saturated carbocycles. The molecule has 7 heteroatoms. The second kappa shape index (κ2) is 8.26. The van der Waals surface area contributed by atoms with Crippen molar-refractivity contribution in [3.8, 4) is 5.69 Å². The van der Waals surface area contributed by atoms with Crippen LogP contribution in [0.1, 0.15) is 38.4 Å². The van der Waals surface area contributed by atoms with Gasteiger partial charge in [0.25, 0.3) is 0 Å². The summed E-state index contributed by atoms with van der Waals surface area (Å²) in [5.41, 5.74) is 1.72. The van der Waals surface area contributed by atoms with Crippen LogP contribution in [0, 0.1) is 5.92 Å². The van der Waals surface area contributed by atoms with Gasteiger partial charge in [0, 0.05) is 12.0 Å². The van der Waals surface area contributed by atoms with Crippen LogP contribution in [-0.2, 0) is 4.79 Å². The van der Waals surface area contributed by atoms with Crippen LogP contribution >= 0.6 is 12.4 Å². The molecule has 0 bridgehead atoms. The Labute approximate surface area is 148 Å². The number of piperidine rings is 1. The minimum Gasteiger partial charge on any atom is -0.348 e. The van der Waals surface area contributed by atoms with E-state index >= 15 is 0 Å². The van der Waals surface area contributed by atoms with E-state index < -0.39 is 0 Å². The minimum atomic E-state index is -0.148. The largest absolute Gasteiger partial charge is 0.348 e. The number of nitrogens with zero attached hydrogens (tertiary/aromatic N) is 3. The summed E-state index contributed by atoms with van der Waals surface area (Å²) in [6.07, 6.45) is 3.64. The van der Waals surface area contributed by atoms with Crippen molar-refractivity contribution in [3.05, 3.63) is 42.2 Å². The Bertz CT molecular complexity index is 660. The van der Waals surface area contributed by atoms with E-state index in [9.17, 15) is 4.79 Å². The highest BCUT2D eigenvalue weighted by atomic mass is 35.5. The summed E-state index contributed by atoms with van der Waals surface area (Å²) in [6, 6.07) is 10.1. The fraction of sp³-hybridized carbons (Fsp3) is 0.471. The van der Waals surface area contributed by atoms with E-state index in [2.05, 4.69) is 27.9 Å². The first kappa shape index (κ1) is 18.4. The molecule has 1 saturated heterocycles. The maximum Gasteiger partial charge on any atom is 0.223 e. The Balaban J connectivity index is 0.00000208. The maximum atomic E-state index is 12.4. The minimum absolute atomic E-state index is 0. The molecule has 3 atom stereocenters. The number of amides is 1. The molecule has 1 aliphatic rings. The Morgan fingerprint density at radius 1 is 1.38 bits per heavy atom.